The maximum atomic E-state index is 6.13. The first-order valence-corrected chi connectivity index (χ1v) is 7.51. The van der Waals surface area contributed by atoms with E-state index in [0.717, 1.165) is 48.9 Å². The number of nitrogens with two attached hydrogens (primary N) is 1. The number of rotatable bonds is 3. The fraction of sp³-hybridized carbons (Fsp3) is 0.471. The van der Waals surface area contributed by atoms with Gasteiger partial charge in [0.15, 0.2) is 0 Å². The normalized spacial score (nSPS) is 23.5. The second-order valence-electron chi connectivity index (χ2n) is 6.19. The van der Waals surface area contributed by atoms with Gasteiger partial charge in [0.05, 0.1) is 11.1 Å². The van der Waals surface area contributed by atoms with E-state index < -0.39 is 0 Å². The summed E-state index contributed by atoms with van der Waals surface area (Å²) in [6, 6.07) is 10.3. The highest BCUT2D eigenvalue weighted by Crippen LogP contribution is 2.26. The molecule has 1 saturated heterocycles. The Morgan fingerprint density at radius 1 is 1.38 bits per heavy atom. The van der Waals surface area contributed by atoms with E-state index in [-0.39, 0.29) is 5.60 Å². The molecule has 1 atom stereocenters. The highest BCUT2D eigenvalue weighted by atomic mass is 16.5. The van der Waals surface area contributed by atoms with Crippen molar-refractivity contribution in [3.8, 4) is 0 Å². The molecule has 2 aromatic rings. The molecule has 3 rings (SSSR count). The summed E-state index contributed by atoms with van der Waals surface area (Å²) in [4.78, 5) is 6.93. The molecule has 112 valence electrons. The summed E-state index contributed by atoms with van der Waals surface area (Å²) in [5, 5.41) is 1.15. The van der Waals surface area contributed by atoms with Crippen molar-refractivity contribution in [3.05, 3.63) is 35.9 Å². The summed E-state index contributed by atoms with van der Waals surface area (Å²) < 4.78 is 5.66. The molecule has 0 aliphatic carbocycles. The number of anilines is 1. The SMILES string of the molecule is COC1(C)CCCN(Cc2cc3ccccc3nc2N)C1. The van der Waals surface area contributed by atoms with Crippen LogP contribution in [0.5, 0.6) is 0 Å². The number of nitrogen functional groups attached to an aromatic ring is 1. The van der Waals surface area contributed by atoms with Crippen LogP contribution in [-0.4, -0.2) is 35.7 Å². The van der Waals surface area contributed by atoms with Crippen LogP contribution in [0, 0.1) is 0 Å². The molecular weight excluding hydrogens is 262 g/mol. The van der Waals surface area contributed by atoms with E-state index >= 15 is 0 Å². The van der Waals surface area contributed by atoms with Crippen LogP contribution < -0.4 is 5.73 Å². The van der Waals surface area contributed by atoms with Crippen molar-refractivity contribution >= 4 is 16.7 Å². The molecular formula is C17H23N3O. The minimum absolute atomic E-state index is 0.0444. The number of benzene rings is 1. The molecule has 2 N–H and O–H groups in total. The summed E-state index contributed by atoms with van der Waals surface area (Å²) in [5.74, 6) is 0.637. The Morgan fingerprint density at radius 2 is 2.19 bits per heavy atom. The van der Waals surface area contributed by atoms with E-state index in [4.69, 9.17) is 10.5 Å². The zero-order chi connectivity index (χ0) is 14.9. The van der Waals surface area contributed by atoms with Gasteiger partial charge in [0.25, 0.3) is 0 Å². The molecule has 0 bridgehead atoms. The highest BCUT2D eigenvalue weighted by molar-refractivity contribution is 5.81. The second kappa shape index (κ2) is 5.62. The van der Waals surface area contributed by atoms with E-state index in [9.17, 15) is 0 Å². The van der Waals surface area contributed by atoms with Crippen molar-refractivity contribution in [2.75, 3.05) is 25.9 Å². The third-order valence-electron chi connectivity index (χ3n) is 4.46. The van der Waals surface area contributed by atoms with Crippen LogP contribution in [0.3, 0.4) is 0 Å². The molecule has 1 unspecified atom stereocenters. The van der Waals surface area contributed by atoms with Gasteiger partial charge in [-0.05, 0) is 38.4 Å². The minimum Gasteiger partial charge on any atom is -0.383 e. The number of hydrogen-bond acceptors (Lipinski definition) is 4. The Hall–Kier alpha value is -1.65. The molecule has 4 nitrogen and oxygen atoms in total. The van der Waals surface area contributed by atoms with Crippen molar-refractivity contribution in [2.24, 2.45) is 0 Å². The Bertz CT molecular complexity index is 643. The summed E-state index contributed by atoms with van der Waals surface area (Å²) in [6.07, 6.45) is 2.27. The van der Waals surface area contributed by atoms with Gasteiger partial charge in [0.1, 0.15) is 5.82 Å². The molecule has 1 fully saturated rings. The van der Waals surface area contributed by atoms with Crippen molar-refractivity contribution < 1.29 is 4.74 Å². The number of hydrogen-bond donors (Lipinski definition) is 1. The third kappa shape index (κ3) is 3.01. The molecule has 0 saturated carbocycles. The molecule has 1 aromatic heterocycles. The van der Waals surface area contributed by atoms with Gasteiger partial charge in [-0.2, -0.15) is 0 Å². The lowest BCUT2D eigenvalue weighted by Gasteiger charge is -2.39. The number of methoxy groups -OCH3 is 1. The molecule has 2 heterocycles. The Balaban J connectivity index is 1.82. The van der Waals surface area contributed by atoms with Gasteiger partial charge in [0.2, 0.25) is 0 Å². The summed E-state index contributed by atoms with van der Waals surface area (Å²) >= 11 is 0. The van der Waals surface area contributed by atoms with Crippen molar-refractivity contribution in [3.63, 3.8) is 0 Å². The van der Waals surface area contributed by atoms with Gasteiger partial charge < -0.3 is 10.5 Å². The lowest BCUT2D eigenvalue weighted by Crippen LogP contribution is -2.46. The lowest BCUT2D eigenvalue weighted by atomic mass is 9.94. The first-order valence-electron chi connectivity index (χ1n) is 7.51. The number of piperidine rings is 1. The predicted octanol–water partition coefficient (Wildman–Crippen LogP) is 2.82. The van der Waals surface area contributed by atoms with Crippen molar-refractivity contribution in [2.45, 2.75) is 31.9 Å². The van der Waals surface area contributed by atoms with E-state index in [0.29, 0.717) is 5.82 Å². The maximum absolute atomic E-state index is 6.13. The van der Waals surface area contributed by atoms with E-state index in [1.54, 1.807) is 7.11 Å². The number of likely N-dealkylation sites (tertiary alicyclic amines) is 1. The molecule has 21 heavy (non-hydrogen) atoms. The summed E-state index contributed by atoms with van der Waals surface area (Å²) in [7, 11) is 1.80. The highest BCUT2D eigenvalue weighted by Gasteiger charge is 2.30. The van der Waals surface area contributed by atoms with Crippen LogP contribution >= 0.6 is 0 Å². The van der Waals surface area contributed by atoms with Crippen LogP contribution in [0.25, 0.3) is 10.9 Å². The van der Waals surface area contributed by atoms with Crippen LogP contribution in [0.2, 0.25) is 0 Å². The number of pyridine rings is 1. The second-order valence-corrected chi connectivity index (χ2v) is 6.19. The molecule has 0 radical (unpaired) electrons. The smallest absolute Gasteiger partial charge is 0.128 e. The Kier molecular flexibility index (Phi) is 3.83. The first kappa shape index (κ1) is 14.3. The lowest BCUT2D eigenvalue weighted by molar-refractivity contribution is -0.0526. The first-order chi connectivity index (χ1) is 10.1. The molecule has 1 aliphatic rings. The molecule has 1 aliphatic heterocycles. The topological polar surface area (TPSA) is 51.4 Å². The molecule has 1 aromatic carbocycles. The fourth-order valence-corrected chi connectivity index (χ4v) is 3.15. The van der Waals surface area contributed by atoms with Gasteiger partial charge in [-0.1, -0.05) is 18.2 Å². The summed E-state index contributed by atoms with van der Waals surface area (Å²) in [6.45, 7) is 5.05. The zero-order valence-electron chi connectivity index (χ0n) is 12.8. The molecule has 4 heteroatoms. The average Bonchev–Trinajstić information content (AvgIpc) is 2.48. The van der Waals surface area contributed by atoms with Gasteiger partial charge in [-0.25, -0.2) is 4.98 Å². The monoisotopic (exact) mass is 285 g/mol. The number of fused-ring (bicyclic) bond motifs is 1. The minimum atomic E-state index is -0.0444. The number of nitrogens with zero attached hydrogens (tertiary/aromatic N) is 2. The zero-order valence-corrected chi connectivity index (χ0v) is 12.8. The Labute approximate surface area is 125 Å². The Morgan fingerprint density at radius 3 is 3.00 bits per heavy atom. The van der Waals surface area contributed by atoms with Gasteiger partial charge >= 0.3 is 0 Å². The van der Waals surface area contributed by atoms with Crippen LogP contribution in [0.1, 0.15) is 25.3 Å². The van der Waals surface area contributed by atoms with Crippen LogP contribution in [0.4, 0.5) is 5.82 Å². The fourth-order valence-electron chi connectivity index (χ4n) is 3.15. The molecule has 0 spiro atoms. The van der Waals surface area contributed by atoms with Gasteiger partial charge in [-0.15, -0.1) is 0 Å². The average molecular weight is 285 g/mol. The van der Waals surface area contributed by atoms with E-state index in [1.807, 2.05) is 18.2 Å². The summed E-state index contributed by atoms with van der Waals surface area (Å²) in [5.41, 5.74) is 8.15. The van der Waals surface area contributed by atoms with Gasteiger partial charge in [-0.3, -0.25) is 4.90 Å². The van der Waals surface area contributed by atoms with Crippen LogP contribution in [-0.2, 0) is 11.3 Å². The third-order valence-corrected chi connectivity index (χ3v) is 4.46. The predicted molar refractivity (Wildman–Crippen MR) is 86.1 cm³/mol. The quantitative estimate of drug-likeness (QED) is 0.942. The van der Waals surface area contributed by atoms with Crippen molar-refractivity contribution in [1.82, 2.24) is 9.88 Å². The molecule has 0 amide bonds. The number of ether oxygens (including phenoxy) is 1. The van der Waals surface area contributed by atoms with E-state index in [2.05, 4.69) is 28.9 Å². The number of aromatic nitrogens is 1. The van der Waals surface area contributed by atoms with Gasteiger partial charge in [0, 0.05) is 31.1 Å². The van der Waals surface area contributed by atoms with E-state index in [1.165, 1.54) is 0 Å². The number of para-hydroxylation sites is 1. The van der Waals surface area contributed by atoms with Crippen molar-refractivity contribution in [1.29, 1.82) is 0 Å². The van der Waals surface area contributed by atoms with Crippen LogP contribution in [0.15, 0.2) is 30.3 Å². The standard InChI is InChI=1S/C17H23N3O/c1-17(21-2)8-5-9-20(12-17)11-14-10-13-6-3-4-7-15(13)19-16(14)18/h3-4,6-7,10H,5,8-9,11-12H2,1-2H3,(H2,18,19). The largest absolute Gasteiger partial charge is 0.383 e. The maximum Gasteiger partial charge on any atom is 0.128 e.